The summed E-state index contributed by atoms with van der Waals surface area (Å²) >= 11 is 0. The second-order valence-corrected chi connectivity index (χ2v) is 5.15. The molecule has 0 aliphatic carbocycles. The Bertz CT molecular complexity index is 347. The van der Waals surface area contributed by atoms with E-state index >= 15 is 0 Å². The molecule has 0 radical (unpaired) electrons. The van der Waals surface area contributed by atoms with Crippen LogP contribution in [0.25, 0.3) is 0 Å². The van der Waals surface area contributed by atoms with Gasteiger partial charge in [-0.3, -0.25) is 4.98 Å². The molecule has 1 N–H and O–H groups in total. The lowest BCUT2D eigenvalue weighted by atomic mass is 10.2. The van der Waals surface area contributed by atoms with Crippen molar-refractivity contribution in [2.45, 2.75) is 33.1 Å². The van der Waals surface area contributed by atoms with Gasteiger partial charge in [-0.25, -0.2) is 0 Å². The minimum absolute atomic E-state index is 0.263. The van der Waals surface area contributed by atoms with Crippen molar-refractivity contribution in [3.8, 4) is 0 Å². The normalized spacial score (nSPS) is 15.9. The molecule has 1 aliphatic heterocycles. The second-order valence-electron chi connectivity index (χ2n) is 5.15. The van der Waals surface area contributed by atoms with E-state index in [2.05, 4.69) is 30.2 Å². The molecule has 0 atom stereocenters. The van der Waals surface area contributed by atoms with Gasteiger partial charge in [0.25, 0.3) is 0 Å². The van der Waals surface area contributed by atoms with Crippen LogP contribution >= 0.6 is 0 Å². The lowest BCUT2D eigenvalue weighted by Crippen LogP contribution is -2.35. The lowest BCUT2D eigenvalue weighted by Gasteiger charge is -2.25. The highest BCUT2D eigenvalue weighted by Gasteiger charge is 2.18. The molecule has 0 spiro atoms. The van der Waals surface area contributed by atoms with E-state index in [9.17, 15) is 0 Å². The molecule has 1 aromatic heterocycles. The Hall–Kier alpha value is -0.970. The minimum Gasteiger partial charge on any atom is -0.376 e. The smallest absolute Gasteiger partial charge is 0.105 e. The van der Waals surface area contributed by atoms with Crippen molar-refractivity contribution in [1.82, 2.24) is 10.3 Å². The largest absolute Gasteiger partial charge is 0.376 e. The van der Waals surface area contributed by atoms with Gasteiger partial charge in [-0.15, -0.1) is 0 Å². The first-order chi connectivity index (χ1) is 8.74. The monoisotopic (exact) mass is 250 g/mol. The first-order valence-electron chi connectivity index (χ1n) is 6.58. The summed E-state index contributed by atoms with van der Waals surface area (Å²) in [6, 6.07) is 4.14. The van der Waals surface area contributed by atoms with Gasteiger partial charge in [-0.1, -0.05) is 19.9 Å². The molecular weight excluding hydrogens is 228 g/mol. The topological polar surface area (TPSA) is 43.4 Å². The van der Waals surface area contributed by atoms with Crippen molar-refractivity contribution in [3.05, 3.63) is 29.6 Å². The Balaban J connectivity index is 1.70. The van der Waals surface area contributed by atoms with Gasteiger partial charge in [0, 0.05) is 12.7 Å². The molecule has 0 amide bonds. The summed E-state index contributed by atoms with van der Waals surface area (Å²) in [5.74, 6) is 0.676. The number of pyridine rings is 1. The fraction of sp³-hybridized carbons (Fsp3) is 0.643. The number of ether oxygens (including phenoxy) is 2. The molecule has 18 heavy (non-hydrogen) atoms. The average Bonchev–Trinajstić information content (AvgIpc) is 2.28. The van der Waals surface area contributed by atoms with Gasteiger partial charge in [0.1, 0.15) is 6.10 Å². The Kier molecular flexibility index (Phi) is 5.11. The van der Waals surface area contributed by atoms with Crippen LogP contribution in [0.1, 0.15) is 25.1 Å². The SMILES string of the molecule is CC(C)CNCc1ccc(COC2COC2)nc1. The number of aromatic nitrogens is 1. The molecule has 1 fully saturated rings. The molecule has 4 nitrogen and oxygen atoms in total. The number of hydrogen-bond acceptors (Lipinski definition) is 4. The predicted octanol–water partition coefficient (Wildman–Crippen LogP) is 1.74. The van der Waals surface area contributed by atoms with E-state index in [1.54, 1.807) is 0 Å². The molecule has 4 heteroatoms. The molecule has 0 aromatic carbocycles. The van der Waals surface area contributed by atoms with Crippen LogP contribution in [-0.4, -0.2) is 30.8 Å². The standard InChI is InChI=1S/C14H22N2O2/c1-11(2)5-15-6-12-3-4-13(16-7-12)8-18-14-9-17-10-14/h3-4,7,11,14-15H,5-6,8-10H2,1-2H3. The minimum atomic E-state index is 0.263. The molecule has 2 rings (SSSR count). The fourth-order valence-electron chi connectivity index (χ4n) is 1.66. The molecule has 1 aromatic rings. The quantitative estimate of drug-likeness (QED) is 0.800. The van der Waals surface area contributed by atoms with E-state index in [0.29, 0.717) is 12.5 Å². The molecule has 0 saturated carbocycles. The third-order valence-electron chi connectivity index (χ3n) is 2.84. The molecule has 0 unspecified atom stereocenters. The summed E-state index contributed by atoms with van der Waals surface area (Å²) in [6.45, 7) is 8.34. The van der Waals surface area contributed by atoms with Crippen LogP contribution in [0.2, 0.25) is 0 Å². The third kappa shape index (κ3) is 4.37. The summed E-state index contributed by atoms with van der Waals surface area (Å²) in [4.78, 5) is 4.40. The van der Waals surface area contributed by atoms with Gasteiger partial charge in [-0.2, -0.15) is 0 Å². The Labute approximate surface area is 109 Å². The fourth-order valence-corrected chi connectivity index (χ4v) is 1.66. The maximum absolute atomic E-state index is 5.61. The zero-order chi connectivity index (χ0) is 12.8. The van der Waals surface area contributed by atoms with Crippen molar-refractivity contribution in [1.29, 1.82) is 0 Å². The van der Waals surface area contributed by atoms with Crippen LogP contribution in [-0.2, 0) is 22.6 Å². The Morgan fingerprint density at radius 1 is 1.44 bits per heavy atom. The highest BCUT2D eigenvalue weighted by atomic mass is 16.6. The first kappa shape index (κ1) is 13.5. The highest BCUT2D eigenvalue weighted by molar-refractivity contribution is 5.13. The van der Waals surface area contributed by atoms with Crippen LogP contribution < -0.4 is 5.32 Å². The molecule has 1 aliphatic rings. The molecule has 0 bridgehead atoms. The van der Waals surface area contributed by atoms with Crippen LogP contribution in [0.3, 0.4) is 0 Å². The van der Waals surface area contributed by atoms with Gasteiger partial charge in [0.05, 0.1) is 25.5 Å². The Morgan fingerprint density at radius 3 is 2.83 bits per heavy atom. The van der Waals surface area contributed by atoms with Crippen molar-refractivity contribution >= 4 is 0 Å². The van der Waals surface area contributed by atoms with Gasteiger partial charge >= 0.3 is 0 Å². The van der Waals surface area contributed by atoms with E-state index in [4.69, 9.17) is 9.47 Å². The van der Waals surface area contributed by atoms with Crippen LogP contribution in [0, 0.1) is 5.92 Å². The maximum atomic E-state index is 5.61. The summed E-state index contributed by atoms with van der Waals surface area (Å²) in [7, 11) is 0. The summed E-state index contributed by atoms with van der Waals surface area (Å²) in [5, 5.41) is 3.40. The van der Waals surface area contributed by atoms with Crippen LogP contribution in [0.15, 0.2) is 18.3 Å². The first-order valence-corrected chi connectivity index (χ1v) is 6.58. The Morgan fingerprint density at radius 2 is 2.28 bits per heavy atom. The van der Waals surface area contributed by atoms with Crippen molar-refractivity contribution in [2.75, 3.05) is 19.8 Å². The molecule has 2 heterocycles. The zero-order valence-corrected chi connectivity index (χ0v) is 11.2. The van der Waals surface area contributed by atoms with Crippen molar-refractivity contribution in [3.63, 3.8) is 0 Å². The number of rotatable bonds is 7. The van der Waals surface area contributed by atoms with Crippen molar-refractivity contribution in [2.24, 2.45) is 5.92 Å². The maximum Gasteiger partial charge on any atom is 0.105 e. The van der Waals surface area contributed by atoms with Gasteiger partial charge in [-0.05, 0) is 24.1 Å². The van der Waals surface area contributed by atoms with E-state index < -0.39 is 0 Å². The molecular formula is C14H22N2O2. The van der Waals surface area contributed by atoms with Gasteiger partial charge in [0.15, 0.2) is 0 Å². The van der Waals surface area contributed by atoms with E-state index in [1.165, 1.54) is 5.56 Å². The zero-order valence-electron chi connectivity index (χ0n) is 11.2. The molecule has 1 saturated heterocycles. The van der Waals surface area contributed by atoms with Gasteiger partial charge in [0.2, 0.25) is 0 Å². The number of nitrogens with one attached hydrogen (secondary N) is 1. The molecule has 100 valence electrons. The van der Waals surface area contributed by atoms with Gasteiger partial charge < -0.3 is 14.8 Å². The van der Waals surface area contributed by atoms with Crippen LogP contribution in [0.4, 0.5) is 0 Å². The van der Waals surface area contributed by atoms with E-state index in [1.807, 2.05) is 12.3 Å². The number of nitrogens with zero attached hydrogens (tertiary/aromatic N) is 1. The average molecular weight is 250 g/mol. The second kappa shape index (κ2) is 6.83. The van der Waals surface area contributed by atoms with E-state index in [-0.39, 0.29) is 6.10 Å². The lowest BCUT2D eigenvalue weighted by molar-refractivity contribution is -0.135. The predicted molar refractivity (Wildman–Crippen MR) is 70.2 cm³/mol. The summed E-state index contributed by atoms with van der Waals surface area (Å²) < 4.78 is 10.7. The van der Waals surface area contributed by atoms with E-state index in [0.717, 1.165) is 32.0 Å². The third-order valence-corrected chi connectivity index (χ3v) is 2.84. The summed E-state index contributed by atoms with van der Waals surface area (Å²) in [5.41, 5.74) is 2.20. The van der Waals surface area contributed by atoms with Crippen LogP contribution in [0.5, 0.6) is 0 Å². The summed E-state index contributed by atoms with van der Waals surface area (Å²) in [6.07, 6.45) is 2.18. The van der Waals surface area contributed by atoms with Crippen molar-refractivity contribution < 1.29 is 9.47 Å². The highest BCUT2D eigenvalue weighted by Crippen LogP contribution is 2.09. The number of hydrogen-bond donors (Lipinski definition) is 1.